The van der Waals surface area contributed by atoms with E-state index >= 15 is 0 Å². The van der Waals surface area contributed by atoms with Crippen molar-refractivity contribution in [3.8, 4) is 0 Å². The highest BCUT2D eigenvalue weighted by molar-refractivity contribution is 5.92. The number of non-ortho nitro benzene ring substituents is 1. The third kappa shape index (κ3) is 3.88. The van der Waals surface area contributed by atoms with Crippen LogP contribution in [0.25, 0.3) is 6.08 Å². The standard InChI is InChI=1S/C15H18N2O4/c1-11-10-21-12(2)9-16(11)15(18)8-5-13-3-6-14(7-4-13)17(19)20/h3-8,11-12H,9-10H2,1-2H3/b8-5+. The predicted octanol–water partition coefficient (Wildman–Crippen LogP) is 2.24. The molecule has 1 fully saturated rings. The second kappa shape index (κ2) is 6.49. The van der Waals surface area contributed by atoms with Gasteiger partial charge in [0.25, 0.3) is 5.69 Å². The van der Waals surface area contributed by atoms with E-state index in [0.29, 0.717) is 13.2 Å². The molecule has 21 heavy (non-hydrogen) atoms. The Labute approximate surface area is 123 Å². The summed E-state index contributed by atoms with van der Waals surface area (Å²) in [7, 11) is 0. The topological polar surface area (TPSA) is 72.7 Å². The van der Waals surface area contributed by atoms with Crippen LogP contribution in [0, 0.1) is 10.1 Å². The van der Waals surface area contributed by atoms with Gasteiger partial charge in [0, 0.05) is 24.8 Å². The molecule has 0 aliphatic carbocycles. The van der Waals surface area contributed by atoms with Crippen LogP contribution in [-0.4, -0.2) is 41.0 Å². The van der Waals surface area contributed by atoms with Gasteiger partial charge in [0.05, 0.1) is 23.7 Å². The summed E-state index contributed by atoms with van der Waals surface area (Å²) in [6.45, 7) is 5.00. The highest BCUT2D eigenvalue weighted by Gasteiger charge is 2.25. The Morgan fingerprint density at radius 3 is 2.67 bits per heavy atom. The zero-order valence-electron chi connectivity index (χ0n) is 12.1. The summed E-state index contributed by atoms with van der Waals surface area (Å²) >= 11 is 0. The van der Waals surface area contributed by atoms with Gasteiger partial charge in [-0.15, -0.1) is 0 Å². The Hall–Kier alpha value is -2.21. The van der Waals surface area contributed by atoms with Crippen molar-refractivity contribution in [3.05, 3.63) is 46.0 Å². The lowest BCUT2D eigenvalue weighted by Crippen LogP contribution is -2.49. The Morgan fingerprint density at radius 2 is 2.05 bits per heavy atom. The van der Waals surface area contributed by atoms with Gasteiger partial charge in [0.1, 0.15) is 0 Å². The first-order valence-corrected chi connectivity index (χ1v) is 6.82. The lowest BCUT2D eigenvalue weighted by atomic mass is 10.1. The molecule has 6 nitrogen and oxygen atoms in total. The number of nitro benzene ring substituents is 1. The molecular weight excluding hydrogens is 272 g/mol. The summed E-state index contributed by atoms with van der Waals surface area (Å²) in [6, 6.07) is 6.13. The van der Waals surface area contributed by atoms with Crippen LogP contribution >= 0.6 is 0 Å². The molecular formula is C15H18N2O4. The van der Waals surface area contributed by atoms with E-state index < -0.39 is 4.92 Å². The molecule has 2 unspecified atom stereocenters. The number of nitrogens with zero attached hydrogens (tertiary/aromatic N) is 2. The second-order valence-corrected chi connectivity index (χ2v) is 5.17. The molecule has 0 N–H and O–H groups in total. The van der Waals surface area contributed by atoms with Crippen LogP contribution in [0.15, 0.2) is 30.3 Å². The second-order valence-electron chi connectivity index (χ2n) is 5.17. The molecule has 0 spiro atoms. The number of carbonyl (C=O) groups is 1. The Balaban J connectivity index is 2.02. The molecule has 0 radical (unpaired) electrons. The van der Waals surface area contributed by atoms with Crippen LogP contribution in [-0.2, 0) is 9.53 Å². The number of amides is 1. The fourth-order valence-electron chi connectivity index (χ4n) is 2.18. The van der Waals surface area contributed by atoms with Crippen molar-refractivity contribution in [1.82, 2.24) is 4.90 Å². The van der Waals surface area contributed by atoms with Crippen molar-refractivity contribution in [2.45, 2.75) is 26.0 Å². The van der Waals surface area contributed by atoms with Gasteiger partial charge in [-0.25, -0.2) is 0 Å². The van der Waals surface area contributed by atoms with Gasteiger partial charge >= 0.3 is 0 Å². The van der Waals surface area contributed by atoms with Gasteiger partial charge < -0.3 is 9.64 Å². The minimum Gasteiger partial charge on any atom is -0.375 e. The van der Waals surface area contributed by atoms with E-state index in [1.807, 2.05) is 13.8 Å². The first-order valence-electron chi connectivity index (χ1n) is 6.82. The van der Waals surface area contributed by atoms with Crippen molar-refractivity contribution in [2.24, 2.45) is 0 Å². The maximum atomic E-state index is 12.2. The molecule has 1 saturated heterocycles. The normalized spacial score (nSPS) is 22.5. The Kier molecular flexibility index (Phi) is 4.70. The van der Waals surface area contributed by atoms with Crippen LogP contribution in [0.4, 0.5) is 5.69 Å². The minimum absolute atomic E-state index is 0.0362. The Morgan fingerprint density at radius 1 is 1.38 bits per heavy atom. The maximum Gasteiger partial charge on any atom is 0.269 e. The van der Waals surface area contributed by atoms with Crippen LogP contribution in [0.3, 0.4) is 0 Å². The average molecular weight is 290 g/mol. The predicted molar refractivity (Wildman–Crippen MR) is 78.7 cm³/mol. The quantitative estimate of drug-likeness (QED) is 0.486. The van der Waals surface area contributed by atoms with Crippen molar-refractivity contribution >= 4 is 17.7 Å². The summed E-state index contributed by atoms with van der Waals surface area (Å²) in [5.41, 5.74) is 0.789. The molecule has 2 atom stereocenters. The molecule has 0 aromatic heterocycles. The SMILES string of the molecule is CC1CN(C(=O)/C=C/c2ccc([N+](=O)[O-])cc2)C(C)CO1. The van der Waals surface area contributed by atoms with E-state index in [4.69, 9.17) is 4.74 Å². The minimum atomic E-state index is -0.449. The van der Waals surface area contributed by atoms with Crippen LogP contribution in [0.5, 0.6) is 0 Å². The number of morpholine rings is 1. The fourth-order valence-corrected chi connectivity index (χ4v) is 2.18. The number of benzene rings is 1. The highest BCUT2D eigenvalue weighted by Crippen LogP contribution is 2.15. The zero-order valence-corrected chi connectivity index (χ0v) is 12.1. The van der Waals surface area contributed by atoms with Crippen molar-refractivity contribution in [2.75, 3.05) is 13.2 Å². The first kappa shape index (κ1) is 15.2. The number of carbonyl (C=O) groups excluding carboxylic acids is 1. The van der Waals surface area contributed by atoms with Gasteiger partial charge in [-0.2, -0.15) is 0 Å². The smallest absolute Gasteiger partial charge is 0.269 e. The Bertz CT molecular complexity index is 553. The molecule has 1 heterocycles. The van der Waals surface area contributed by atoms with Gasteiger partial charge in [0.15, 0.2) is 0 Å². The van der Waals surface area contributed by atoms with Crippen molar-refractivity contribution in [1.29, 1.82) is 0 Å². The summed E-state index contributed by atoms with van der Waals surface area (Å²) in [6.07, 6.45) is 3.20. The lowest BCUT2D eigenvalue weighted by Gasteiger charge is -2.36. The summed E-state index contributed by atoms with van der Waals surface area (Å²) in [5, 5.41) is 10.6. The van der Waals surface area contributed by atoms with Crippen LogP contribution in [0.1, 0.15) is 19.4 Å². The highest BCUT2D eigenvalue weighted by atomic mass is 16.6. The van der Waals surface area contributed by atoms with Crippen molar-refractivity contribution < 1.29 is 14.5 Å². The zero-order chi connectivity index (χ0) is 15.4. The molecule has 112 valence electrons. The molecule has 2 rings (SSSR count). The van der Waals surface area contributed by atoms with Gasteiger partial charge in [-0.1, -0.05) is 0 Å². The molecule has 1 aliphatic heterocycles. The number of hydrogen-bond donors (Lipinski definition) is 0. The maximum absolute atomic E-state index is 12.2. The number of nitro groups is 1. The number of rotatable bonds is 3. The van der Waals surface area contributed by atoms with Crippen LogP contribution in [0.2, 0.25) is 0 Å². The summed E-state index contributed by atoms with van der Waals surface area (Å²) in [4.78, 5) is 24.1. The van der Waals surface area contributed by atoms with E-state index in [1.54, 1.807) is 23.1 Å². The monoisotopic (exact) mass is 290 g/mol. The summed E-state index contributed by atoms with van der Waals surface area (Å²) in [5.74, 6) is -0.0731. The molecule has 1 aromatic rings. The van der Waals surface area contributed by atoms with Crippen LogP contribution < -0.4 is 0 Å². The third-order valence-electron chi connectivity index (χ3n) is 3.41. The molecule has 0 bridgehead atoms. The fraction of sp³-hybridized carbons (Fsp3) is 0.400. The number of hydrogen-bond acceptors (Lipinski definition) is 4. The third-order valence-corrected chi connectivity index (χ3v) is 3.41. The molecule has 1 amide bonds. The van der Waals surface area contributed by atoms with E-state index in [2.05, 4.69) is 0 Å². The van der Waals surface area contributed by atoms with E-state index in [-0.39, 0.29) is 23.7 Å². The lowest BCUT2D eigenvalue weighted by molar-refractivity contribution is -0.384. The van der Waals surface area contributed by atoms with Crippen molar-refractivity contribution in [3.63, 3.8) is 0 Å². The van der Waals surface area contributed by atoms with E-state index in [1.165, 1.54) is 18.2 Å². The van der Waals surface area contributed by atoms with E-state index in [9.17, 15) is 14.9 Å². The molecule has 1 aromatic carbocycles. The molecule has 6 heteroatoms. The molecule has 0 saturated carbocycles. The largest absolute Gasteiger partial charge is 0.375 e. The first-order chi connectivity index (χ1) is 9.97. The summed E-state index contributed by atoms with van der Waals surface area (Å²) < 4.78 is 5.49. The average Bonchev–Trinajstić information content (AvgIpc) is 2.47. The van der Waals surface area contributed by atoms with Gasteiger partial charge in [-0.3, -0.25) is 14.9 Å². The van der Waals surface area contributed by atoms with Gasteiger partial charge in [-0.05, 0) is 37.6 Å². The van der Waals surface area contributed by atoms with E-state index in [0.717, 1.165) is 5.56 Å². The van der Waals surface area contributed by atoms with Gasteiger partial charge in [0.2, 0.25) is 5.91 Å². The molecule has 1 aliphatic rings. The number of ether oxygens (including phenoxy) is 1.